The number of hydrogen-bond acceptors (Lipinski definition) is 0. The lowest BCUT2D eigenvalue weighted by atomic mass is 9.93. The second-order valence-corrected chi connectivity index (χ2v) is 4.91. The molecule has 0 spiro atoms. The number of hydrogen-bond donors (Lipinski definition) is 0. The molecule has 0 N–H and O–H groups in total. The van der Waals surface area contributed by atoms with Gasteiger partial charge in [-0.05, 0) is 43.9 Å². The monoisotopic (exact) mass is 252 g/mol. The van der Waals surface area contributed by atoms with Crippen molar-refractivity contribution in [2.75, 3.05) is 0 Å². The van der Waals surface area contributed by atoms with E-state index in [1.54, 1.807) is 0 Å². The van der Waals surface area contributed by atoms with Crippen LogP contribution in [0.15, 0.2) is 66.3 Å². The highest BCUT2D eigenvalue weighted by atomic mass is 14.1. The maximum Gasteiger partial charge on any atom is -0.0112 e. The van der Waals surface area contributed by atoms with Crippen LogP contribution in [0.3, 0.4) is 0 Å². The Morgan fingerprint density at radius 3 is 2.26 bits per heavy atom. The number of allylic oxidation sites excluding steroid dienone is 7. The van der Waals surface area contributed by atoms with Gasteiger partial charge in [0.25, 0.3) is 0 Å². The van der Waals surface area contributed by atoms with Crippen LogP contribution in [-0.2, 0) is 0 Å². The predicted molar refractivity (Wildman–Crippen MR) is 87.2 cm³/mol. The Morgan fingerprint density at radius 1 is 1.16 bits per heavy atom. The quantitative estimate of drug-likeness (QED) is 0.575. The highest BCUT2D eigenvalue weighted by Gasteiger charge is 2.06. The van der Waals surface area contributed by atoms with E-state index in [1.165, 1.54) is 27.8 Å². The van der Waals surface area contributed by atoms with Crippen LogP contribution in [0.4, 0.5) is 0 Å². The molecule has 0 aromatic heterocycles. The molecule has 0 heterocycles. The summed E-state index contributed by atoms with van der Waals surface area (Å²) in [5, 5.41) is 0. The molecule has 1 aromatic carbocycles. The summed E-state index contributed by atoms with van der Waals surface area (Å²) in [6, 6.07) is 8.65. The molecule has 100 valence electrons. The highest BCUT2D eigenvalue weighted by molar-refractivity contribution is 5.83. The van der Waals surface area contributed by atoms with E-state index in [4.69, 9.17) is 0 Å². The van der Waals surface area contributed by atoms with Gasteiger partial charge >= 0.3 is 0 Å². The molecule has 0 unspecified atom stereocenters. The van der Waals surface area contributed by atoms with Gasteiger partial charge in [-0.2, -0.15) is 0 Å². The van der Waals surface area contributed by atoms with Crippen LogP contribution in [0.1, 0.15) is 38.3 Å². The Bertz CT molecular complexity index is 503. The maximum atomic E-state index is 3.84. The molecule has 0 nitrogen and oxygen atoms in total. The molecule has 0 heteroatoms. The molecule has 1 rings (SSSR count). The minimum Gasteiger partial charge on any atom is -0.0990 e. The first-order chi connectivity index (χ1) is 9.10. The molecule has 0 aliphatic carbocycles. The van der Waals surface area contributed by atoms with Gasteiger partial charge in [0.2, 0.25) is 0 Å². The van der Waals surface area contributed by atoms with Crippen LogP contribution in [0.5, 0.6) is 0 Å². The first kappa shape index (κ1) is 15.2. The van der Waals surface area contributed by atoms with E-state index in [2.05, 4.69) is 76.8 Å². The van der Waals surface area contributed by atoms with Gasteiger partial charge < -0.3 is 0 Å². The largest absolute Gasteiger partial charge is 0.0990 e. The fourth-order valence-corrected chi connectivity index (χ4v) is 1.95. The minimum absolute atomic E-state index is 1.05. The summed E-state index contributed by atoms with van der Waals surface area (Å²) in [4.78, 5) is 0. The molecule has 19 heavy (non-hydrogen) atoms. The summed E-state index contributed by atoms with van der Waals surface area (Å²) in [5.41, 5.74) is 6.36. The molecule has 0 atom stereocenters. The summed E-state index contributed by atoms with van der Waals surface area (Å²) in [5.74, 6) is 0. The average molecular weight is 252 g/mol. The average Bonchev–Trinajstić information content (AvgIpc) is 2.38. The first-order valence-corrected chi connectivity index (χ1v) is 6.84. The van der Waals surface area contributed by atoms with E-state index in [9.17, 15) is 0 Å². The minimum atomic E-state index is 1.05. The van der Waals surface area contributed by atoms with Gasteiger partial charge in [0.1, 0.15) is 0 Å². The predicted octanol–water partition coefficient (Wildman–Crippen LogP) is 5.87. The van der Waals surface area contributed by atoms with E-state index >= 15 is 0 Å². The van der Waals surface area contributed by atoms with Crippen molar-refractivity contribution < 1.29 is 0 Å². The molecule has 0 amide bonds. The molecule has 0 saturated carbocycles. The Labute approximate surface area is 117 Å². The van der Waals surface area contributed by atoms with Crippen molar-refractivity contribution in [3.8, 4) is 0 Å². The van der Waals surface area contributed by atoms with E-state index in [1.807, 2.05) is 6.08 Å². The molecule has 0 saturated heterocycles. The SMILES string of the molecule is C=C/C=C(\C(/C=C/CC)=C(C)C)c1ccc(C)cc1. The normalized spacial score (nSPS) is 11.7. The third-order valence-corrected chi connectivity index (χ3v) is 3.00. The van der Waals surface area contributed by atoms with Crippen molar-refractivity contribution in [3.05, 3.63) is 77.4 Å². The van der Waals surface area contributed by atoms with E-state index in [-0.39, 0.29) is 0 Å². The van der Waals surface area contributed by atoms with Crippen molar-refractivity contribution in [2.45, 2.75) is 34.1 Å². The molecule has 1 aromatic rings. The smallest absolute Gasteiger partial charge is 0.0112 e. The van der Waals surface area contributed by atoms with Gasteiger partial charge in [-0.15, -0.1) is 0 Å². The molecule has 0 fully saturated rings. The molecule has 0 bridgehead atoms. The highest BCUT2D eigenvalue weighted by Crippen LogP contribution is 2.27. The van der Waals surface area contributed by atoms with Gasteiger partial charge in [-0.1, -0.05) is 73.2 Å². The van der Waals surface area contributed by atoms with Crippen molar-refractivity contribution in [1.82, 2.24) is 0 Å². The van der Waals surface area contributed by atoms with Crippen LogP contribution in [0.2, 0.25) is 0 Å². The van der Waals surface area contributed by atoms with Crippen LogP contribution in [0, 0.1) is 6.92 Å². The Kier molecular flexibility index (Phi) is 6.08. The number of aryl methyl sites for hydroxylation is 1. The van der Waals surface area contributed by atoms with E-state index in [0.717, 1.165) is 6.42 Å². The zero-order chi connectivity index (χ0) is 14.3. The Balaban J connectivity index is 3.31. The fraction of sp³-hybridized carbons (Fsp3) is 0.263. The molecular weight excluding hydrogens is 228 g/mol. The van der Waals surface area contributed by atoms with Gasteiger partial charge in [-0.3, -0.25) is 0 Å². The van der Waals surface area contributed by atoms with Crippen molar-refractivity contribution >= 4 is 5.57 Å². The third-order valence-electron chi connectivity index (χ3n) is 3.00. The molecule has 0 radical (unpaired) electrons. The van der Waals surface area contributed by atoms with Crippen LogP contribution in [0.25, 0.3) is 5.57 Å². The number of benzene rings is 1. The van der Waals surface area contributed by atoms with Gasteiger partial charge in [0, 0.05) is 0 Å². The van der Waals surface area contributed by atoms with Crippen LogP contribution in [-0.4, -0.2) is 0 Å². The second-order valence-electron chi connectivity index (χ2n) is 4.91. The number of rotatable bonds is 5. The summed E-state index contributed by atoms with van der Waals surface area (Å²) < 4.78 is 0. The van der Waals surface area contributed by atoms with Crippen molar-refractivity contribution in [2.24, 2.45) is 0 Å². The lowest BCUT2D eigenvalue weighted by Crippen LogP contribution is -1.91. The third kappa shape index (κ3) is 4.40. The fourth-order valence-electron chi connectivity index (χ4n) is 1.95. The topological polar surface area (TPSA) is 0 Å². The maximum absolute atomic E-state index is 3.84. The zero-order valence-corrected chi connectivity index (χ0v) is 12.5. The van der Waals surface area contributed by atoms with Crippen LogP contribution < -0.4 is 0 Å². The summed E-state index contributed by atoms with van der Waals surface area (Å²) >= 11 is 0. The van der Waals surface area contributed by atoms with Crippen LogP contribution >= 0.6 is 0 Å². The lowest BCUT2D eigenvalue weighted by Gasteiger charge is -2.12. The Hall–Kier alpha value is -1.82. The summed E-state index contributed by atoms with van der Waals surface area (Å²) in [6.07, 6.45) is 9.41. The second kappa shape index (κ2) is 7.58. The van der Waals surface area contributed by atoms with Gasteiger partial charge in [0.15, 0.2) is 0 Å². The van der Waals surface area contributed by atoms with Gasteiger partial charge in [-0.25, -0.2) is 0 Å². The molecule has 0 aliphatic heterocycles. The Morgan fingerprint density at radius 2 is 1.79 bits per heavy atom. The summed E-state index contributed by atoms with van der Waals surface area (Å²) in [6.45, 7) is 12.4. The standard InChI is InChI=1S/C19H24/c1-6-8-10-18(15(3)4)19(9-7-2)17-13-11-16(5)12-14-17/h7-14H,2,6H2,1,3-5H3/b10-8+,19-9-. The van der Waals surface area contributed by atoms with Gasteiger partial charge in [0.05, 0.1) is 0 Å². The summed E-state index contributed by atoms with van der Waals surface area (Å²) in [7, 11) is 0. The zero-order valence-electron chi connectivity index (χ0n) is 12.5. The molecular formula is C19H24. The van der Waals surface area contributed by atoms with E-state index in [0.29, 0.717) is 0 Å². The van der Waals surface area contributed by atoms with Crippen molar-refractivity contribution in [1.29, 1.82) is 0 Å². The molecule has 0 aliphatic rings. The van der Waals surface area contributed by atoms with Crippen molar-refractivity contribution in [3.63, 3.8) is 0 Å². The van der Waals surface area contributed by atoms with E-state index < -0.39 is 0 Å². The lowest BCUT2D eigenvalue weighted by molar-refractivity contribution is 1.21. The first-order valence-electron chi connectivity index (χ1n) is 6.84.